The summed E-state index contributed by atoms with van der Waals surface area (Å²) in [5.41, 5.74) is 4.01. The van der Waals surface area contributed by atoms with Crippen molar-refractivity contribution in [3.63, 3.8) is 0 Å². The maximum Gasteiger partial charge on any atom is 0.0651 e. The number of rotatable bonds is 5. The van der Waals surface area contributed by atoms with Crippen molar-refractivity contribution in [3.8, 4) is 0 Å². The highest BCUT2D eigenvalue weighted by Crippen LogP contribution is 2.20. The molecule has 0 aliphatic heterocycles. The average molecular weight is 196 g/mol. The fourth-order valence-electron chi connectivity index (χ4n) is 1.63. The number of nitrogens with one attached hydrogen (secondary N) is 1. The molecule has 3 N–H and O–H groups in total. The SMILES string of the molecule is CCCn1nccc1C(NN)C(C)C. The van der Waals surface area contributed by atoms with Crippen LogP contribution in [0.5, 0.6) is 0 Å². The molecule has 1 heterocycles. The van der Waals surface area contributed by atoms with Crippen molar-refractivity contribution in [2.24, 2.45) is 11.8 Å². The van der Waals surface area contributed by atoms with Gasteiger partial charge in [-0.3, -0.25) is 16.0 Å². The van der Waals surface area contributed by atoms with Crippen LogP contribution < -0.4 is 11.3 Å². The zero-order valence-electron chi connectivity index (χ0n) is 9.20. The Kier molecular flexibility index (Phi) is 4.10. The molecule has 0 spiro atoms. The molecule has 0 aliphatic rings. The van der Waals surface area contributed by atoms with Gasteiger partial charge in [0.15, 0.2) is 0 Å². The summed E-state index contributed by atoms with van der Waals surface area (Å²) in [6.45, 7) is 7.39. The van der Waals surface area contributed by atoms with Gasteiger partial charge in [-0.2, -0.15) is 5.10 Å². The Hall–Kier alpha value is -0.870. The van der Waals surface area contributed by atoms with Crippen molar-refractivity contribution < 1.29 is 0 Å². The third-order valence-corrected chi connectivity index (χ3v) is 2.35. The first-order chi connectivity index (χ1) is 6.70. The van der Waals surface area contributed by atoms with E-state index < -0.39 is 0 Å². The minimum atomic E-state index is 0.184. The Morgan fingerprint density at radius 1 is 1.57 bits per heavy atom. The molecule has 1 atom stereocenters. The third-order valence-electron chi connectivity index (χ3n) is 2.35. The first kappa shape index (κ1) is 11.2. The van der Waals surface area contributed by atoms with Crippen LogP contribution in [0.3, 0.4) is 0 Å². The third kappa shape index (κ3) is 2.33. The van der Waals surface area contributed by atoms with E-state index >= 15 is 0 Å². The number of aryl methyl sites for hydroxylation is 1. The molecule has 0 aromatic carbocycles. The van der Waals surface area contributed by atoms with E-state index in [9.17, 15) is 0 Å². The number of hydrazine groups is 1. The van der Waals surface area contributed by atoms with Crippen LogP contribution in [0.2, 0.25) is 0 Å². The summed E-state index contributed by atoms with van der Waals surface area (Å²) < 4.78 is 2.02. The summed E-state index contributed by atoms with van der Waals surface area (Å²) in [6, 6.07) is 2.21. The first-order valence-corrected chi connectivity index (χ1v) is 5.18. The molecule has 80 valence electrons. The van der Waals surface area contributed by atoms with Crippen LogP contribution in [0.25, 0.3) is 0 Å². The van der Waals surface area contributed by atoms with Gasteiger partial charge in [-0.1, -0.05) is 20.8 Å². The van der Waals surface area contributed by atoms with Gasteiger partial charge >= 0.3 is 0 Å². The smallest absolute Gasteiger partial charge is 0.0651 e. The summed E-state index contributed by atoms with van der Waals surface area (Å²) in [5.74, 6) is 6.00. The van der Waals surface area contributed by atoms with Crippen LogP contribution in [0.15, 0.2) is 12.3 Å². The Morgan fingerprint density at radius 3 is 2.79 bits per heavy atom. The van der Waals surface area contributed by atoms with Gasteiger partial charge in [0.1, 0.15) is 0 Å². The molecule has 0 amide bonds. The standard InChI is InChI=1S/C10H20N4/c1-4-7-14-9(5-6-12-14)10(13-11)8(2)3/h5-6,8,10,13H,4,7,11H2,1-3H3. The molecule has 0 radical (unpaired) electrons. The predicted molar refractivity (Wildman–Crippen MR) is 57.4 cm³/mol. The zero-order valence-corrected chi connectivity index (χ0v) is 9.20. The maximum absolute atomic E-state index is 5.54. The monoisotopic (exact) mass is 196 g/mol. The van der Waals surface area contributed by atoms with Gasteiger partial charge < -0.3 is 0 Å². The van der Waals surface area contributed by atoms with Crippen molar-refractivity contribution in [1.82, 2.24) is 15.2 Å². The molecule has 4 nitrogen and oxygen atoms in total. The van der Waals surface area contributed by atoms with Gasteiger partial charge in [-0.15, -0.1) is 0 Å². The van der Waals surface area contributed by atoms with Gasteiger partial charge in [0.25, 0.3) is 0 Å². The molecule has 4 heteroatoms. The molecule has 0 fully saturated rings. The fourth-order valence-corrected chi connectivity index (χ4v) is 1.63. The lowest BCUT2D eigenvalue weighted by molar-refractivity contribution is 0.387. The molecule has 14 heavy (non-hydrogen) atoms. The number of hydrogen-bond acceptors (Lipinski definition) is 3. The number of hydrogen-bond donors (Lipinski definition) is 2. The van der Waals surface area contributed by atoms with Crippen molar-refractivity contribution in [1.29, 1.82) is 0 Å². The highest BCUT2D eigenvalue weighted by Gasteiger charge is 2.17. The van der Waals surface area contributed by atoms with Crippen LogP contribution in [0.4, 0.5) is 0 Å². The largest absolute Gasteiger partial charge is 0.271 e. The molecule has 0 saturated carbocycles. The second-order valence-corrected chi connectivity index (χ2v) is 3.87. The average Bonchev–Trinajstić information content (AvgIpc) is 2.55. The molecule has 0 saturated heterocycles. The Bertz CT molecular complexity index is 267. The molecule has 0 aliphatic carbocycles. The van der Waals surface area contributed by atoms with Crippen LogP contribution in [0.1, 0.15) is 38.9 Å². The van der Waals surface area contributed by atoms with E-state index in [-0.39, 0.29) is 6.04 Å². The lowest BCUT2D eigenvalue weighted by atomic mass is 10.0. The van der Waals surface area contributed by atoms with Gasteiger partial charge in [0.05, 0.1) is 11.7 Å². The Balaban J connectivity index is 2.86. The van der Waals surface area contributed by atoms with Gasteiger partial charge in [-0.05, 0) is 18.4 Å². The highest BCUT2D eigenvalue weighted by atomic mass is 15.3. The lowest BCUT2D eigenvalue weighted by Gasteiger charge is -2.20. The minimum absolute atomic E-state index is 0.184. The van der Waals surface area contributed by atoms with Crippen LogP contribution in [-0.2, 0) is 6.54 Å². The fraction of sp³-hybridized carbons (Fsp3) is 0.700. The quantitative estimate of drug-likeness (QED) is 0.553. The van der Waals surface area contributed by atoms with E-state index in [0.29, 0.717) is 5.92 Å². The molecule has 1 unspecified atom stereocenters. The van der Waals surface area contributed by atoms with E-state index in [1.807, 2.05) is 16.9 Å². The van der Waals surface area contributed by atoms with Crippen molar-refractivity contribution in [2.45, 2.75) is 39.8 Å². The van der Waals surface area contributed by atoms with Crippen LogP contribution in [0, 0.1) is 5.92 Å². The predicted octanol–water partition coefficient (Wildman–Crippen LogP) is 1.45. The number of nitrogens with zero attached hydrogens (tertiary/aromatic N) is 2. The van der Waals surface area contributed by atoms with E-state index in [4.69, 9.17) is 5.84 Å². The summed E-state index contributed by atoms with van der Waals surface area (Å²) in [5, 5.41) is 4.28. The van der Waals surface area contributed by atoms with Gasteiger partial charge in [-0.25, -0.2) is 0 Å². The summed E-state index contributed by atoms with van der Waals surface area (Å²) in [6.07, 6.45) is 2.92. The zero-order chi connectivity index (χ0) is 10.6. The van der Waals surface area contributed by atoms with E-state index in [1.54, 1.807) is 0 Å². The maximum atomic E-state index is 5.54. The summed E-state index contributed by atoms with van der Waals surface area (Å²) in [4.78, 5) is 0. The van der Waals surface area contributed by atoms with E-state index in [2.05, 4.69) is 31.3 Å². The highest BCUT2D eigenvalue weighted by molar-refractivity contribution is 5.07. The van der Waals surface area contributed by atoms with Gasteiger partial charge in [0, 0.05) is 12.7 Å². The molecule has 1 aromatic rings. The molecule has 0 bridgehead atoms. The number of nitrogens with two attached hydrogens (primary N) is 1. The summed E-state index contributed by atoms with van der Waals surface area (Å²) >= 11 is 0. The minimum Gasteiger partial charge on any atom is -0.271 e. The topological polar surface area (TPSA) is 55.9 Å². The van der Waals surface area contributed by atoms with E-state index in [0.717, 1.165) is 13.0 Å². The van der Waals surface area contributed by atoms with Crippen LogP contribution in [-0.4, -0.2) is 9.78 Å². The van der Waals surface area contributed by atoms with Crippen molar-refractivity contribution in [2.75, 3.05) is 0 Å². The second kappa shape index (κ2) is 5.12. The number of aromatic nitrogens is 2. The molecular formula is C10H20N4. The lowest BCUT2D eigenvalue weighted by Crippen LogP contribution is -2.33. The molecule has 1 rings (SSSR count). The Morgan fingerprint density at radius 2 is 2.29 bits per heavy atom. The molecular weight excluding hydrogens is 176 g/mol. The van der Waals surface area contributed by atoms with Crippen molar-refractivity contribution in [3.05, 3.63) is 18.0 Å². The normalized spacial score (nSPS) is 13.5. The second-order valence-electron chi connectivity index (χ2n) is 3.87. The van der Waals surface area contributed by atoms with Crippen LogP contribution >= 0.6 is 0 Å². The van der Waals surface area contributed by atoms with Crippen molar-refractivity contribution >= 4 is 0 Å². The van der Waals surface area contributed by atoms with E-state index in [1.165, 1.54) is 5.69 Å². The summed E-state index contributed by atoms with van der Waals surface area (Å²) in [7, 11) is 0. The first-order valence-electron chi connectivity index (χ1n) is 5.18. The Labute approximate surface area is 85.5 Å². The van der Waals surface area contributed by atoms with Gasteiger partial charge in [0.2, 0.25) is 0 Å². The molecule has 1 aromatic heterocycles.